The zero-order valence-corrected chi connectivity index (χ0v) is 18.9. The van der Waals surface area contributed by atoms with Gasteiger partial charge in [0.2, 0.25) is 0 Å². The number of anilines is 2. The third kappa shape index (κ3) is 2.82. The van der Waals surface area contributed by atoms with Crippen molar-refractivity contribution < 1.29 is 13.9 Å². The molecule has 2 bridgehead atoms. The predicted octanol–water partition coefficient (Wildman–Crippen LogP) is 3.61. The molecule has 0 spiro atoms. The average Bonchev–Trinajstić information content (AvgIpc) is 3.45. The standard InChI is InChI=1S/C22H21Cl2N5O3/c1-11-18-12(4-13(23)5-15(18)24)2-3-28(11)20(30)22-6-14(9-31-22)29(10-22)17-8-26-7-16-19(17)32-21(25)27-16/h4-5,7-8,11,14H,2-3,6,9-10H2,1H3,(H2,25,27). The number of fused-ring (bicyclic) bond motifs is 4. The van der Waals surface area contributed by atoms with E-state index in [1.54, 1.807) is 18.5 Å². The number of amides is 1. The number of carbonyl (C=O) groups is 1. The van der Waals surface area contributed by atoms with Crippen molar-refractivity contribution in [1.82, 2.24) is 14.9 Å². The maximum absolute atomic E-state index is 13.9. The van der Waals surface area contributed by atoms with Crippen molar-refractivity contribution >= 4 is 51.9 Å². The summed E-state index contributed by atoms with van der Waals surface area (Å²) in [6.45, 7) is 3.48. The van der Waals surface area contributed by atoms with Crippen LogP contribution >= 0.6 is 23.2 Å². The summed E-state index contributed by atoms with van der Waals surface area (Å²) in [5, 5.41) is 1.21. The third-order valence-electron chi connectivity index (χ3n) is 6.93. The van der Waals surface area contributed by atoms with Crippen LogP contribution in [0.2, 0.25) is 10.0 Å². The van der Waals surface area contributed by atoms with E-state index < -0.39 is 5.60 Å². The molecule has 2 aromatic heterocycles. The number of rotatable bonds is 2. The average molecular weight is 474 g/mol. The predicted molar refractivity (Wildman–Crippen MR) is 121 cm³/mol. The van der Waals surface area contributed by atoms with Crippen LogP contribution in [0, 0.1) is 0 Å². The van der Waals surface area contributed by atoms with Crippen LogP contribution in [0.1, 0.15) is 30.5 Å². The fraction of sp³-hybridized carbons (Fsp3) is 0.409. The van der Waals surface area contributed by atoms with Gasteiger partial charge in [-0.2, -0.15) is 4.98 Å². The number of halogens is 2. The number of nitrogen functional groups attached to an aromatic ring is 1. The van der Waals surface area contributed by atoms with Gasteiger partial charge in [0.25, 0.3) is 11.9 Å². The summed E-state index contributed by atoms with van der Waals surface area (Å²) in [6, 6.07) is 3.66. The molecular formula is C22H21Cl2N5O3. The number of hydrogen-bond donors (Lipinski definition) is 1. The minimum atomic E-state index is -0.914. The van der Waals surface area contributed by atoms with Crippen LogP contribution in [0.3, 0.4) is 0 Å². The number of pyridine rings is 1. The molecule has 0 radical (unpaired) electrons. The van der Waals surface area contributed by atoms with Gasteiger partial charge in [0.1, 0.15) is 11.2 Å². The van der Waals surface area contributed by atoms with Crippen LogP contribution in [-0.4, -0.2) is 52.1 Å². The van der Waals surface area contributed by atoms with Gasteiger partial charge in [0.15, 0.2) is 11.2 Å². The van der Waals surface area contributed by atoms with Crippen LogP contribution in [0.5, 0.6) is 0 Å². The second-order valence-corrected chi connectivity index (χ2v) is 9.58. The number of morpholine rings is 1. The summed E-state index contributed by atoms with van der Waals surface area (Å²) >= 11 is 12.7. The number of nitrogens with zero attached hydrogens (tertiary/aromatic N) is 4. The highest BCUT2D eigenvalue weighted by Gasteiger charge is 2.58. The summed E-state index contributed by atoms with van der Waals surface area (Å²) in [5.41, 5.74) is 8.85. The van der Waals surface area contributed by atoms with E-state index in [9.17, 15) is 4.79 Å². The maximum atomic E-state index is 13.9. The number of ether oxygens (including phenoxy) is 1. The molecule has 1 aromatic carbocycles. The van der Waals surface area contributed by atoms with Crippen LogP contribution in [0.25, 0.3) is 11.1 Å². The van der Waals surface area contributed by atoms with Gasteiger partial charge in [-0.1, -0.05) is 23.2 Å². The van der Waals surface area contributed by atoms with E-state index in [0.717, 1.165) is 16.8 Å². The lowest BCUT2D eigenvalue weighted by Crippen LogP contribution is -2.55. The number of carbonyl (C=O) groups excluding carboxylic acids is 1. The Bertz CT molecular complexity index is 1260. The van der Waals surface area contributed by atoms with Crippen molar-refractivity contribution in [3.05, 3.63) is 45.7 Å². The Morgan fingerprint density at radius 1 is 1.31 bits per heavy atom. The van der Waals surface area contributed by atoms with E-state index in [-0.39, 0.29) is 24.0 Å². The summed E-state index contributed by atoms with van der Waals surface area (Å²) in [6.07, 6.45) is 4.66. The first kappa shape index (κ1) is 20.1. The first-order valence-electron chi connectivity index (χ1n) is 10.6. The Labute approximate surface area is 194 Å². The Morgan fingerprint density at radius 3 is 3.00 bits per heavy atom. The molecule has 6 rings (SSSR count). The lowest BCUT2D eigenvalue weighted by Gasteiger charge is -2.41. The Kier molecular flexibility index (Phi) is 4.38. The molecule has 3 atom stereocenters. The van der Waals surface area contributed by atoms with E-state index in [0.29, 0.717) is 53.7 Å². The quantitative estimate of drug-likeness (QED) is 0.606. The first-order chi connectivity index (χ1) is 15.4. The molecule has 2 N–H and O–H groups in total. The van der Waals surface area contributed by atoms with Crippen LogP contribution in [-0.2, 0) is 16.0 Å². The molecule has 166 valence electrons. The largest absolute Gasteiger partial charge is 0.421 e. The molecule has 0 saturated carbocycles. The molecule has 32 heavy (non-hydrogen) atoms. The van der Waals surface area contributed by atoms with Gasteiger partial charge in [-0.15, -0.1) is 0 Å². The SMILES string of the molecule is CC1c2c(Cl)cc(Cl)cc2CCN1C(=O)C12CC(CO1)N(c1cncc3nc(N)oc13)C2. The van der Waals surface area contributed by atoms with Crippen molar-refractivity contribution in [2.75, 3.05) is 30.3 Å². The monoisotopic (exact) mass is 473 g/mol. The van der Waals surface area contributed by atoms with Gasteiger partial charge in [-0.25, -0.2) is 0 Å². The Balaban J connectivity index is 1.32. The molecule has 3 aliphatic heterocycles. The van der Waals surface area contributed by atoms with Crippen LogP contribution < -0.4 is 10.6 Å². The summed E-state index contributed by atoms with van der Waals surface area (Å²) in [4.78, 5) is 26.3. The zero-order valence-electron chi connectivity index (χ0n) is 17.3. The van der Waals surface area contributed by atoms with Gasteiger partial charge in [0, 0.05) is 23.0 Å². The van der Waals surface area contributed by atoms with E-state index >= 15 is 0 Å². The van der Waals surface area contributed by atoms with Crippen LogP contribution in [0.4, 0.5) is 11.7 Å². The highest BCUT2D eigenvalue weighted by atomic mass is 35.5. The molecule has 3 aliphatic rings. The fourth-order valence-electron chi connectivity index (χ4n) is 5.47. The number of oxazole rings is 1. The molecule has 3 unspecified atom stereocenters. The highest BCUT2D eigenvalue weighted by molar-refractivity contribution is 6.35. The van der Waals surface area contributed by atoms with Gasteiger partial charge in [-0.05, 0) is 36.6 Å². The molecule has 0 aliphatic carbocycles. The van der Waals surface area contributed by atoms with E-state index in [1.165, 1.54) is 0 Å². The molecule has 8 nitrogen and oxygen atoms in total. The van der Waals surface area contributed by atoms with Gasteiger partial charge in [0.05, 0.1) is 37.6 Å². The normalized spacial score (nSPS) is 26.7. The number of benzene rings is 1. The van der Waals surface area contributed by atoms with Crippen molar-refractivity contribution in [1.29, 1.82) is 0 Å². The Hall–Kier alpha value is -2.55. The van der Waals surface area contributed by atoms with Crippen molar-refractivity contribution in [2.24, 2.45) is 0 Å². The van der Waals surface area contributed by atoms with Crippen molar-refractivity contribution in [3.8, 4) is 0 Å². The second kappa shape index (κ2) is 6.97. The summed E-state index contributed by atoms with van der Waals surface area (Å²) < 4.78 is 11.8. The van der Waals surface area contributed by atoms with Gasteiger partial charge in [-0.3, -0.25) is 9.78 Å². The fourth-order valence-corrected chi connectivity index (χ4v) is 6.16. The summed E-state index contributed by atoms with van der Waals surface area (Å²) in [7, 11) is 0. The topological polar surface area (TPSA) is 97.7 Å². The molecule has 1 amide bonds. The lowest BCUT2D eigenvalue weighted by atomic mass is 9.91. The maximum Gasteiger partial charge on any atom is 0.293 e. The van der Waals surface area contributed by atoms with E-state index in [4.69, 9.17) is 38.1 Å². The zero-order chi connectivity index (χ0) is 22.2. The van der Waals surface area contributed by atoms with E-state index in [1.807, 2.05) is 17.9 Å². The molecule has 10 heteroatoms. The molecule has 5 heterocycles. The smallest absolute Gasteiger partial charge is 0.293 e. The third-order valence-corrected chi connectivity index (χ3v) is 7.46. The Morgan fingerprint density at radius 2 is 2.16 bits per heavy atom. The number of nitrogens with two attached hydrogens (primary N) is 1. The minimum Gasteiger partial charge on any atom is -0.421 e. The molecule has 3 aromatic rings. The molecule has 2 fully saturated rings. The van der Waals surface area contributed by atoms with Gasteiger partial charge >= 0.3 is 0 Å². The van der Waals surface area contributed by atoms with Crippen molar-refractivity contribution in [3.63, 3.8) is 0 Å². The molecular weight excluding hydrogens is 453 g/mol. The first-order valence-corrected chi connectivity index (χ1v) is 11.3. The number of hydrogen-bond acceptors (Lipinski definition) is 7. The molecule has 2 saturated heterocycles. The number of aromatic nitrogens is 2. The highest BCUT2D eigenvalue weighted by Crippen LogP contribution is 2.45. The minimum absolute atomic E-state index is 0.0103. The van der Waals surface area contributed by atoms with E-state index in [2.05, 4.69) is 14.9 Å². The lowest BCUT2D eigenvalue weighted by molar-refractivity contribution is -0.155. The summed E-state index contributed by atoms with van der Waals surface area (Å²) in [5.74, 6) is -0.0103. The second-order valence-electron chi connectivity index (χ2n) is 8.74. The van der Waals surface area contributed by atoms with Gasteiger partial charge < -0.3 is 24.7 Å². The van der Waals surface area contributed by atoms with Crippen molar-refractivity contribution in [2.45, 2.75) is 37.5 Å². The van der Waals surface area contributed by atoms with Crippen LogP contribution in [0.15, 0.2) is 28.9 Å².